The summed E-state index contributed by atoms with van der Waals surface area (Å²) in [5, 5.41) is 5.91. The van der Waals surface area contributed by atoms with Crippen molar-refractivity contribution < 1.29 is 13.9 Å². The van der Waals surface area contributed by atoms with Gasteiger partial charge in [-0.1, -0.05) is 6.07 Å². The Kier molecular flexibility index (Phi) is 5.96. The molecule has 1 aliphatic heterocycles. The van der Waals surface area contributed by atoms with Crippen molar-refractivity contribution in [2.75, 3.05) is 49.6 Å². The molecule has 0 atom stereocenters. The number of amides is 1. The number of ether oxygens (including phenoxy) is 1. The predicted molar refractivity (Wildman–Crippen MR) is 97.0 cm³/mol. The molecule has 0 aliphatic carbocycles. The van der Waals surface area contributed by atoms with Crippen LogP contribution in [0, 0.1) is 12.7 Å². The van der Waals surface area contributed by atoms with Crippen molar-refractivity contribution in [1.82, 2.24) is 15.3 Å². The molecule has 1 aromatic carbocycles. The van der Waals surface area contributed by atoms with Crippen molar-refractivity contribution in [3.63, 3.8) is 0 Å². The third kappa shape index (κ3) is 4.66. The minimum atomic E-state index is -0.382. The van der Waals surface area contributed by atoms with Gasteiger partial charge in [-0.2, -0.15) is 0 Å². The van der Waals surface area contributed by atoms with Crippen LogP contribution >= 0.6 is 0 Å². The van der Waals surface area contributed by atoms with E-state index in [2.05, 4.69) is 25.5 Å². The Morgan fingerprint density at radius 2 is 2.04 bits per heavy atom. The van der Waals surface area contributed by atoms with Gasteiger partial charge in [0, 0.05) is 37.8 Å². The summed E-state index contributed by atoms with van der Waals surface area (Å²) >= 11 is 0. The average molecular weight is 359 g/mol. The number of benzene rings is 1. The van der Waals surface area contributed by atoms with Gasteiger partial charge < -0.3 is 20.3 Å². The monoisotopic (exact) mass is 359 g/mol. The molecule has 1 saturated heterocycles. The average Bonchev–Trinajstić information content (AvgIpc) is 2.68. The molecule has 3 rings (SSSR count). The maximum atomic E-state index is 13.5. The summed E-state index contributed by atoms with van der Waals surface area (Å²) in [6.07, 6.45) is 1.51. The zero-order valence-electron chi connectivity index (χ0n) is 14.7. The zero-order valence-corrected chi connectivity index (χ0v) is 14.7. The van der Waals surface area contributed by atoms with E-state index in [-0.39, 0.29) is 11.7 Å². The molecule has 1 aliphatic rings. The second-order valence-corrected chi connectivity index (χ2v) is 6.01. The van der Waals surface area contributed by atoms with Crippen molar-refractivity contribution in [1.29, 1.82) is 0 Å². The molecule has 2 heterocycles. The Morgan fingerprint density at radius 1 is 1.23 bits per heavy atom. The highest BCUT2D eigenvalue weighted by atomic mass is 19.1. The van der Waals surface area contributed by atoms with Crippen LogP contribution in [0.1, 0.15) is 15.9 Å². The number of morpholine rings is 1. The van der Waals surface area contributed by atoms with Crippen LogP contribution in [0.3, 0.4) is 0 Å². The highest BCUT2D eigenvalue weighted by Gasteiger charge is 2.13. The maximum Gasteiger partial charge on any atom is 0.251 e. The number of anilines is 2. The van der Waals surface area contributed by atoms with E-state index >= 15 is 0 Å². The maximum absolute atomic E-state index is 13.5. The van der Waals surface area contributed by atoms with Crippen LogP contribution in [-0.2, 0) is 4.74 Å². The molecule has 0 saturated carbocycles. The first-order valence-electron chi connectivity index (χ1n) is 8.56. The van der Waals surface area contributed by atoms with Crippen LogP contribution in [0.25, 0.3) is 0 Å². The molecule has 0 radical (unpaired) electrons. The number of aromatic nitrogens is 2. The van der Waals surface area contributed by atoms with Crippen molar-refractivity contribution >= 4 is 17.5 Å². The largest absolute Gasteiger partial charge is 0.378 e. The molecule has 0 unspecified atom stereocenters. The molecule has 26 heavy (non-hydrogen) atoms. The number of nitrogens with zero attached hydrogens (tertiary/aromatic N) is 3. The van der Waals surface area contributed by atoms with Gasteiger partial charge in [0.05, 0.1) is 13.2 Å². The van der Waals surface area contributed by atoms with Gasteiger partial charge in [-0.25, -0.2) is 14.4 Å². The van der Waals surface area contributed by atoms with E-state index in [0.29, 0.717) is 43.2 Å². The Labute approximate surface area is 151 Å². The highest BCUT2D eigenvalue weighted by molar-refractivity contribution is 5.94. The molecular formula is C18H22FN5O2. The Morgan fingerprint density at radius 3 is 2.81 bits per heavy atom. The van der Waals surface area contributed by atoms with E-state index in [1.54, 1.807) is 19.1 Å². The summed E-state index contributed by atoms with van der Waals surface area (Å²) in [5.41, 5.74) is 0.827. The molecule has 8 heteroatoms. The van der Waals surface area contributed by atoms with E-state index in [1.807, 2.05) is 6.07 Å². The third-order valence-electron chi connectivity index (χ3n) is 4.14. The SMILES string of the molecule is Cc1ccc(C(=O)NCCNc2cc(N3CCOCC3)ncn2)cc1F. The highest BCUT2D eigenvalue weighted by Crippen LogP contribution is 2.15. The number of nitrogens with one attached hydrogen (secondary N) is 2. The molecule has 2 N–H and O–H groups in total. The second kappa shape index (κ2) is 8.57. The van der Waals surface area contributed by atoms with Crippen LogP contribution in [0.15, 0.2) is 30.6 Å². The molecule has 1 fully saturated rings. The fourth-order valence-corrected chi connectivity index (χ4v) is 2.61. The summed E-state index contributed by atoms with van der Waals surface area (Å²) in [7, 11) is 0. The Bertz CT molecular complexity index is 765. The standard InChI is InChI=1S/C18H22FN5O2/c1-13-2-3-14(10-15(13)19)18(25)21-5-4-20-16-11-17(23-12-22-16)24-6-8-26-9-7-24/h2-3,10-12H,4-9H2,1H3,(H,21,25)(H,20,22,23). The quantitative estimate of drug-likeness (QED) is 0.763. The Hall–Kier alpha value is -2.74. The van der Waals surface area contributed by atoms with Gasteiger partial charge in [-0.3, -0.25) is 4.79 Å². The minimum absolute atomic E-state index is 0.303. The third-order valence-corrected chi connectivity index (χ3v) is 4.14. The van der Waals surface area contributed by atoms with Crippen LogP contribution in [0.4, 0.5) is 16.0 Å². The van der Waals surface area contributed by atoms with Gasteiger partial charge in [-0.15, -0.1) is 0 Å². The number of carbonyl (C=O) groups excluding carboxylic acids is 1. The summed E-state index contributed by atoms with van der Waals surface area (Å²) in [6.45, 7) is 5.55. The molecule has 0 bridgehead atoms. The van der Waals surface area contributed by atoms with Gasteiger partial charge in [0.15, 0.2) is 0 Å². The van der Waals surface area contributed by atoms with Crippen molar-refractivity contribution in [3.8, 4) is 0 Å². The lowest BCUT2D eigenvalue weighted by molar-refractivity contribution is 0.0954. The number of hydrogen-bond donors (Lipinski definition) is 2. The molecule has 138 valence electrons. The molecule has 7 nitrogen and oxygen atoms in total. The van der Waals surface area contributed by atoms with E-state index in [4.69, 9.17) is 4.74 Å². The lowest BCUT2D eigenvalue weighted by Gasteiger charge is -2.27. The summed E-state index contributed by atoms with van der Waals surface area (Å²) in [4.78, 5) is 22.6. The number of rotatable bonds is 6. The number of hydrogen-bond acceptors (Lipinski definition) is 6. The van der Waals surface area contributed by atoms with E-state index in [1.165, 1.54) is 12.4 Å². The topological polar surface area (TPSA) is 79.4 Å². The van der Waals surface area contributed by atoms with Gasteiger partial charge >= 0.3 is 0 Å². The lowest BCUT2D eigenvalue weighted by atomic mass is 10.1. The number of carbonyl (C=O) groups is 1. The van der Waals surface area contributed by atoms with Crippen LogP contribution in [-0.4, -0.2) is 55.3 Å². The van der Waals surface area contributed by atoms with E-state index in [9.17, 15) is 9.18 Å². The Balaban J connectivity index is 1.47. The van der Waals surface area contributed by atoms with Crippen molar-refractivity contribution in [2.24, 2.45) is 0 Å². The first kappa shape index (κ1) is 18.1. The smallest absolute Gasteiger partial charge is 0.251 e. The minimum Gasteiger partial charge on any atom is -0.378 e. The first-order chi connectivity index (χ1) is 12.6. The van der Waals surface area contributed by atoms with Gasteiger partial charge in [0.2, 0.25) is 0 Å². The van der Waals surface area contributed by atoms with Crippen molar-refractivity contribution in [2.45, 2.75) is 6.92 Å². The zero-order chi connectivity index (χ0) is 18.4. The fraction of sp³-hybridized carbons (Fsp3) is 0.389. The molecule has 0 spiro atoms. The summed E-state index contributed by atoms with van der Waals surface area (Å²) < 4.78 is 18.9. The molecule has 1 amide bonds. The predicted octanol–water partition coefficient (Wildman–Crippen LogP) is 1.60. The van der Waals surface area contributed by atoms with E-state index in [0.717, 1.165) is 18.9 Å². The molecule has 1 aromatic heterocycles. The number of halogens is 1. The number of aryl methyl sites for hydroxylation is 1. The summed E-state index contributed by atoms with van der Waals surface area (Å²) in [5.74, 6) is 0.858. The molecular weight excluding hydrogens is 337 g/mol. The van der Waals surface area contributed by atoms with Crippen molar-refractivity contribution in [3.05, 3.63) is 47.5 Å². The van der Waals surface area contributed by atoms with Crippen LogP contribution in [0.2, 0.25) is 0 Å². The van der Waals surface area contributed by atoms with E-state index < -0.39 is 0 Å². The van der Waals surface area contributed by atoms with Gasteiger partial charge in [0.25, 0.3) is 5.91 Å². The van der Waals surface area contributed by atoms with Crippen LogP contribution < -0.4 is 15.5 Å². The fourth-order valence-electron chi connectivity index (χ4n) is 2.61. The molecule has 2 aromatic rings. The second-order valence-electron chi connectivity index (χ2n) is 6.01. The lowest BCUT2D eigenvalue weighted by Crippen LogP contribution is -2.36. The normalized spacial score (nSPS) is 14.2. The summed E-state index contributed by atoms with van der Waals surface area (Å²) in [6, 6.07) is 6.33. The van der Waals surface area contributed by atoms with Crippen LogP contribution in [0.5, 0.6) is 0 Å². The van der Waals surface area contributed by atoms with Gasteiger partial charge in [0.1, 0.15) is 23.8 Å². The first-order valence-corrected chi connectivity index (χ1v) is 8.56. The van der Waals surface area contributed by atoms with Gasteiger partial charge in [-0.05, 0) is 24.6 Å².